The molecule has 2 rings (SSSR count). The first-order valence-electron chi connectivity index (χ1n) is 10.2. The summed E-state index contributed by atoms with van der Waals surface area (Å²) in [5.41, 5.74) is -0.164. The van der Waals surface area contributed by atoms with Crippen LogP contribution in [0.3, 0.4) is 0 Å². The third-order valence-electron chi connectivity index (χ3n) is 4.23. The molecule has 0 saturated carbocycles. The third kappa shape index (κ3) is 9.35. The predicted molar refractivity (Wildman–Crippen MR) is 111 cm³/mol. The minimum Gasteiger partial charge on any atom is -0.469 e. The molecule has 5 nitrogen and oxygen atoms in total. The van der Waals surface area contributed by atoms with Gasteiger partial charge in [0.05, 0.1) is 24.5 Å². The van der Waals surface area contributed by atoms with Gasteiger partial charge in [0.25, 0.3) is 0 Å². The molecular weight excluding hydrogens is 395 g/mol. The van der Waals surface area contributed by atoms with E-state index in [9.17, 15) is 13.2 Å². The van der Waals surface area contributed by atoms with Gasteiger partial charge in [0.15, 0.2) is 5.96 Å². The smallest absolute Gasteiger partial charge is 0.416 e. The normalized spacial score (nSPS) is 12.4. The topological polar surface area (TPSA) is 58.8 Å². The van der Waals surface area contributed by atoms with Gasteiger partial charge in [-0.15, -0.1) is 0 Å². The van der Waals surface area contributed by atoms with Crippen molar-refractivity contribution >= 4 is 5.96 Å². The zero-order valence-electron chi connectivity index (χ0n) is 17.5. The monoisotopic (exact) mass is 425 g/mol. The largest absolute Gasteiger partial charge is 0.469 e. The van der Waals surface area contributed by atoms with Crippen LogP contribution in [0.4, 0.5) is 13.2 Å². The van der Waals surface area contributed by atoms with E-state index in [4.69, 9.17) is 9.15 Å². The lowest BCUT2D eigenvalue weighted by Crippen LogP contribution is -2.39. The van der Waals surface area contributed by atoms with Crippen molar-refractivity contribution in [3.05, 3.63) is 59.5 Å². The van der Waals surface area contributed by atoms with E-state index in [1.807, 2.05) is 26.0 Å². The predicted octanol–water partition coefficient (Wildman–Crippen LogP) is 4.78. The van der Waals surface area contributed by atoms with Crippen LogP contribution in [0.5, 0.6) is 0 Å². The minimum absolute atomic E-state index is 0.149. The first-order valence-corrected chi connectivity index (χ1v) is 10.2. The molecule has 0 aliphatic heterocycles. The Bertz CT molecular complexity index is 759. The maximum atomic E-state index is 12.9. The van der Waals surface area contributed by atoms with Gasteiger partial charge in [-0.05, 0) is 56.5 Å². The maximum Gasteiger partial charge on any atom is 0.416 e. The lowest BCUT2D eigenvalue weighted by Gasteiger charge is -2.13. The van der Waals surface area contributed by atoms with Crippen molar-refractivity contribution in [2.45, 2.75) is 51.9 Å². The highest BCUT2D eigenvalue weighted by atomic mass is 19.4. The molecule has 0 atom stereocenters. The van der Waals surface area contributed by atoms with E-state index in [1.54, 1.807) is 12.3 Å². The van der Waals surface area contributed by atoms with Crippen LogP contribution in [0.15, 0.2) is 52.1 Å². The molecule has 1 aromatic carbocycles. The molecule has 2 N–H and O–H groups in total. The van der Waals surface area contributed by atoms with Gasteiger partial charge in [-0.1, -0.05) is 12.1 Å². The SMILES string of the molecule is CC(C)OCCCCNC(=NCc1cccc(C(F)(F)F)c1)NCCc1ccco1. The van der Waals surface area contributed by atoms with E-state index in [-0.39, 0.29) is 12.6 Å². The molecule has 0 unspecified atom stereocenters. The lowest BCUT2D eigenvalue weighted by molar-refractivity contribution is -0.137. The van der Waals surface area contributed by atoms with Gasteiger partial charge in [-0.3, -0.25) is 0 Å². The molecular formula is C22H30F3N3O2. The zero-order valence-corrected chi connectivity index (χ0v) is 17.5. The van der Waals surface area contributed by atoms with Crippen molar-refractivity contribution < 1.29 is 22.3 Å². The molecule has 0 bridgehead atoms. The van der Waals surface area contributed by atoms with Crippen molar-refractivity contribution in [1.29, 1.82) is 0 Å². The molecule has 1 heterocycles. The first kappa shape index (κ1) is 23.8. The fourth-order valence-electron chi connectivity index (χ4n) is 2.70. The second kappa shape index (κ2) is 12.3. The van der Waals surface area contributed by atoms with Crippen LogP contribution in [0.2, 0.25) is 0 Å². The summed E-state index contributed by atoms with van der Waals surface area (Å²) in [4.78, 5) is 4.45. The molecule has 1 aromatic heterocycles. The number of aliphatic imine (C=N–C) groups is 1. The molecule has 0 spiro atoms. The van der Waals surface area contributed by atoms with Crippen LogP contribution in [0.25, 0.3) is 0 Å². The summed E-state index contributed by atoms with van der Waals surface area (Å²) in [6.45, 7) is 6.13. The van der Waals surface area contributed by atoms with E-state index in [1.165, 1.54) is 6.07 Å². The summed E-state index contributed by atoms with van der Waals surface area (Å²) in [5, 5.41) is 6.44. The van der Waals surface area contributed by atoms with Gasteiger partial charge in [0.1, 0.15) is 5.76 Å². The fourth-order valence-corrected chi connectivity index (χ4v) is 2.70. The molecule has 0 aliphatic rings. The maximum absolute atomic E-state index is 12.9. The van der Waals surface area contributed by atoms with Crippen molar-refractivity contribution in [3.63, 3.8) is 0 Å². The number of furan rings is 1. The average Bonchev–Trinajstić information content (AvgIpc) is 3.21. The van der Waals surface area contributed by atoms with E-state index in [0.717, 1.165) is 30.7 Å². The van der Waals surface area contributed by atoms with E-state index < -0.39 is 11.7 Å². The Morgan fingerprint density at radius 2 is 1.90 bits per heavy atom. The van der Waals surface area contributed by atoms with Crippen molar-refractivity contribution in [2.24, 2.45) is 4.99 Å². The second-order valence-electron chi connectivity index (χ2n) is 7.17. The summed E-state index contributed by atoms with van der Waals surface area (Å²) in [7, 11) is 0. The number of hydrogen-bond donors (Lipinski definition) is 2. The minimum atomic E-state index is -4.36. The van der Waals surface area contributed by atoms with Crippen LogP contribution >= 0.6 is 0 Å². The van der Waals surface area contributed by atoms with Gasteiger partial charge < -0.3 is 19.8 Å². The van der Waals surface area contributed by atoms with Crippen LogP contribution in [0.1, 0.15) is 43.6 Å². The number of hydrogen-bond acceptors (Lipinski definition) is 3. The van der Waals surface area contributed by atoms with Gasteiger partial charge in [0.2, 0.25) is 0 Å². The van der Waals surface area contributed by atoms with Gasteiger partial charge in [-0.2, -0.15) is 13.2 Å². The molecule has 8 heteroatoms. The number of ether oxygens (including phenoxy) is 1. The standard InChI is InChI=1S/C22H30F3N3O2/c1-17(2)29-13-4-3-11-26-21(27-12-10-20-9-6-14-30-20)28-16-18-7-5-8-19(15-18)22(23,24)25/h5-9,14-15,17H,3-4,10-13,16H2,1-2H3,(H2,26,27,28). The quantitative estimate of drug-likeness (QED) is 0.309. The summed E-state index contributed by atoms with van der Waals surface area (Å²) >= 11 is 0. The molecule has 0 fully saturated rings. The van der Waals surface area contributed by atoms with Crippen LogP contribution < -0.4 is 10.6 Å². The summed E-state index contributed by atoms with van der Waals surface area (Å²) in [6, 6.07) is 8.96. The van der Waals surface area contributed by atoms with Gasteiger partial charge in [-0.25, -0.2) is 4.99 Å². The Morgan fingerprint density at radius 1 is 1.10 bits per heavy atom. The number of unbranched alkanes of at least 4 members (excludes halogenated alkanes) is 1. The fraction of sp³-hybridized carbons (Fsp3) is 0.500. The van der Waals surface area contributed by atoms with Crippen LogP contribution in [-0.4, -0.2) is 31.8 Å². The summed E-state index contributed by atoms with van der Waals surface area (Å²) in [6.07, 6.45) is -0.0336. The number of nitrogens with one attached hydrogen (secondary N) is 2. The van der Waals surface area contributed by atoms with Crippen molar-refractivity contribution in [1.82, 2.24) is 10.6 Å². The molecule has 30 heavy (non-hydrogen) atoms. The van der Waals surface area contributed by atoms with Crippen LogP contribution in [-0.2, 0) is 23.9 Å². The highest BCUT2D eigenvalue weighted by Crippen LogP contribution is 2.29. The lowest BCUT2D eigenvalue weighted by atomic mass is 10.1. The number of nitrogens with zero attached hydrogens (tertiary/aromatic N) is 1. The Hall–Kier alpha value is -2.48. The molecule has 0 radical (unpaired) electrons. The van der Waals surface area contributed by atoms with E-state index in [0.29, 0.717) is 37.6 Å². The first-order chi connectivity index (χ1) is 14.3. The Morgan fingerprint density at radius 3 is 2.60 bits per heavy atom. The molecule has 0 aliphatic carbocycles. The third-order valence-corrected chi connectivity index (χ3v) is 4.23. The number of rotatable bonds is 11. The van der Waals surface area contributed by atoms with Crippen molar-refractivity contribution in [3.8, 4) is 0 Å². The molecule has 0 amide bonds. The van der Waals surface area contributed by atoms with Crippen molar-refractivity contribution in [2.75, 3.05) is 19.7 Å². The Balaban J connectivity index is 1.90. The van der Waals surface area contributed by atoms with Gasteiger partial charge in [0, 0.05) is 26.1 Å². The zero-order chi connectivity index (χ0) is 21.8. The number of halogens is 3. The molecule has 166 valence electrons. The van der Waals surface area contributed by atoms with Crippen LogP contribution in [0, 0.1) is 0 Å². The molecule has 2 aromatic rings. The number of guanidine groups is 1. The second-order valence-corrected chi connectivity index (χ2v) is 7.17. The molecule has 0 saturated heterocycles. The van der Waals surface area contributed by atoms with Gasteiger partial charge >= 0.3 is 6.18 Å². The average molecular weight is 425 g/mol. The summed E-state index contributed by atoms with van der Waals surface area (Å²) < 4.78 is 49.6. The highest BCUT2D eigenvalue weighted by molar-refractivity contribution is 5.79. The highest BCUT2D eigenvalue weighted by Gasteiger charge is 2.30. The number of alkyl halides is 3. The Labute approximate surface area is 175 Å². The Kier molecular flexibility index (Phi) is 9.73. The summed E-state index contributed by atoms with van der Waals surface area (Å²) in [5.74, 6) is 1.41. The van der Waals surface area contributed by atoms with E-state index >= 15 is 0 Å². The van der Waals surface area contributed by atoms with E-state index in [2.05, 4.69) is 15.6 Å². The number of benzene rings is 1.